The van der Waals surface area contributed by atoms with Gasteiger partial charge in [-0.15, -0.1) is 11.3 Å². The molecule has 0 amide bonds. The van der Waals surface area contributed by atoms with Gasteiger partial charge in [0.15, 0.2) is 17.5 Å². The highest BCUT2D eigenvalue weighted by Crippen LogP contribution is 2.40. The molecule has 0 bridgehead atoms. The van der Waals surface area contributed by atoms with E-state index in [1.54, 1.807) is 11.3 Å². The summed E-state index contributed by atoms with van der Waals surface area (Å²) < 4.78 is 2.48. The Kier molecular flexibility index (Phi) is 5.96. The number of hydrogen-bond donors (Lipinski definition) is 0. The van der Waals surface area contributed by atoms with Gasteiger partial charge in [0.2, 0.25) is 0 Å². The second kappa shape index (κ2) is 10.4. The van der Waals surface area contributed by atoms with Gasteiger partial charge in [0.25, 0.3) is 0 Å². The summed E-state index contributed by atoms with van der Waals surface area (Å²) in [6, 6.07) is 46.6. The second-order valence-electron chi connectivity index (χ2n) is 11.1. The number of nitrogens with zero attached hydrogens (tertiary/aromatic N) is 4. The molecule has 3 aromatic heterocycles. The fourth-order valence-corrected chi connectivity index (χ4v) is 7.37. The SMILES string of the molecule is c1ccc(-c2ccc3ccc(-c4nc(-c5ccccc5)nc(-c5cccc6c5ccc5c7cnccc7sc65)n4)cc3c2)cc1. The normalized spacial score (nSPS) is 11.6. The zero-order chi connectivity index (χ0) is 29.7. The first-order valence-electron chi connectivity index (χ1n) is 14.9. The molecule has 0 fully saturated rings. The van der Waals surface area contributed by atoms with Gasteiger partial charge in [-0.3, -0.25) is 4.98 Å². The molecule has 9 rings (SSSR count). The molecule has 0 saturated heterocycles. The lowest BCUT2D eigenvalue weighted by atomic mass is 9.99. The van der Waals surface area contributed by atoms with Crippen molar-refractivity contribution in [3.05, 3.63) is 146 Å². The summed E-state index contributed by atoms with van der Waals surface area (Å²) in [6.45, 7) is 0. The summed E-state index contributed by atoms with van der Waals surface area (Å²) in [6.07, 6.45) is 3.82. The number of fused-ring (bicyclic) bond motifs is 6. The molecule has 4 nitrogen and oxygen atoms in total. The number of benzene rings is 6. The molecule has 0 N–H and O–H groups in total. The molecular formula is C40H24N4S. The Morgan fingerprint density at radius 2 is 1.09 bits per heavy atom. The summed E-state index contributed by atoms with van der Waals surface area (Å²) in [5, 5.41) is 7.03. The Bertz CT molecular complexity index is 2540. The molecule has 0 atom stereocenters. The van der Waals surface area contributed by atoms with E-state index in [2.05, 4.69) is 102 Å². The predicted octanol–water partition coefficient (Wildman–Crippen LogP) is 10.6. The van der Waals surface area contributed by atoms with Gasteiger partial charge in [-0.1, -0.05) is 115 Å². The van der Waals surface area contributed by atoms with Crippen LogP contribution in [0.15, 0.2) is 146 Å². The summed E-state index contributed by atoms with van der Waals surface area (Å²) in [4.78, 5) is 19.6. The van der Waals surface area contributed by atoms with E-state index in [1.807, 2.05) is 48.8 Å². The first-order chi connectivity index (χ1) is 22.3. The molecule has 0 aliphatic rings. The van der Waals surface area contributed by atoms with Crippen molar-refractivity contribution < 1.29 is 0 Å². The van der Waals surface area contributed by atoms with Gasteiger partial charge in [0, 0.05) is 54.6 Å². The van der Waals surface area contributed by atoms with Crippen LogP contribution in [0.3, 0.4) is 0 Å². The van der Waals surface area contributed by atoms with Gasteiger partial charge < -0.3 is 0 Å². The van der Waals surface area contributed by atoms with Crippen molar-refractivity contribution in [2.45, 2.75) is 0 Å². The molecule has 6 aromatic carbocycles. The Balaban J connectivity index is 1.25. The van der Waals surface area contributed by atoms with Crippen molar-refractivity contribution in [3.8, 4) is 45.3 Å². The van der Waals surface area contributed by atoms with Crippen molar-refractivity contribution in [2.75, 3.05) is 0 Å². The van der Waals surface area contributed by atoms with Gasteiger partial charge in [-0.2, -0.15) is 0 Å². The Labute approximate surface area is 263 Å². The molecule has 0 aliphatic heterocycles. The molecule has 9 aromatic rings. The van der Waals surface area contributed by atoms with Gasteiger partial charge in [-0.25, -0.2) is 15.0 Å². The molecule has 3 heterocycles. The van der Waals surface area contributed by atoms with E-state index in [-0.39, 0.29) is 0 Å². The van der Waals surface area contributed by atoms with Gasteiger partial charge in [-0.05, 0) is 45.5 Å². The molecule has 0 radical (unpaired) electrons. The van der Waals surface area contributed by atoms with Crippen LogP contribution in [0, 0.1) is 0 Å². The number of pyridine rings is 1. The van der Waals surface area contributed by atoms with E-state index >= 15 is 0 Å². The second-order valence-corrected chi connectivity index (χ2v) is 12.2. The maximum Gasteiger partial charge on any atom is 0.164 e. The maximum atomic E-state index is 5.13. The van der Waals surface area contributed by atoms with Crippen LogP contribution in [-0.4, -0.2) is 19.9 Å². The molecule has 45 heavy (non-hydrogen) atoms. The standard InChI is InChI=1S/C40H24N4S/c1-3-8-25(9-4-1)28-16-14-26-15-17-29(23-30(26)22-28)39-42-38(27-10-5-2-6-11-27)43-40(44-39)34-13-7-12-32-31(34)18-19-33-35-24-41-21-20-36(35)45-37(32)33/h1-24H. The summed E-state index contributed by atoms with van der Waals surface area (Å²) in [7, 11) is 0. The molecule has 0 saturated carbocycles. The average Bonchev–Trinajstić information content (AvgIpc) is 3.51. The summed E-state index contributed by atoms with van der Waals surface area (Å²) >= 11 is 1.80. The third-order valence-corrected chi connectivity index (χ3v) is 9.63. The average molecular weight is 593 g/mol. The lowest BCUT2D eigenvalue weighted by molar-refractivity contribution is 1.08. The topological polar surface area (TPSA) is 51.6 Å². The van der Waals surface area contributed by atoms with Crippen LogP contribution in [0.4, 0.5) is 0 Å². The molecule has 0 unspecified atom stereocenters. The Morgan fingerprint density at radius 1 is 0.422 bits per heavy atom. The van der Waals surface area contributed by atoms with E-state index in [1.165, 1.54) is 42.1 Å². The van der Waals surface area contributed by atoms with E-state index in [4.69, 9.17) is 15.0 Å². The summed E-state index contributed by atoms with van der Waals surface area (Å²) in [5.74, 6) is 1.96. The smallest absolute Gasteiger partial charge is 0.164 e. The minimum absolute atomic E-state index is 0.650. The van der Waals surface area contributed by atoms with Gasteiger partial charge in [0.1, 0.15) is 0 Å². The zero-order valence-electron chi connectivity index (χ0n) is 24.1. The van der Waals surface area contributed by atoms with Crippen LogP contribution >= 0.6 is 11.3 Å². The first-order valence-corrected chi connectivity index (χ1v) is 15.7. The first kappa shape index (κ1) is 25.7. The Morgan fingerprint density at radius 3 is 1.91 bits per heavy atom. The number of rotatable bonds is 4. The minimum atomic E-state index is 0.650. The number of thiophene rings is 1. The zero-order valence-corrected chi connectivity index (χ0v) is 24.9. The highest BCUT2D eigenvalue weighted by Gasteiger charge is 2.16. The van der Waals surface area contributed by atoms with Crippen LogP contribution in [0.2, 0.25) is 0 Å². The largest absolute Gasteiger partial charge is 0.264 e. The lowest BCUT2D eigenvalue weighted by Crippen LogP contribution is -2.00. The fourth-order valence-electron chi connectivity index (χ4n) is 6.17. The third-order valence-electron chi connectivity index (χ3n) is 8.41. The van der Waals surface area contributed by atoms with Crippen LogP contribution in [0.25, 0.3) is 87.0 Å². The lowest BCUT2D eigenvalue weighted by Gasteiger charge is -2.11. The van der Waals surface area contributed by atoms with Gasteiger partial charge >= 0.3 is 0 Å². The molecule has 0 spiro atoms. The molecular weight excluding hydrogens is 569 g/mol. The van der Waals surface area contributed by atoms with E-state index < -0.39 is 0 Å². The van der Waals surface area contributed by atoms with Crippen LogP contribution in [-0.2, 0) is 0 Å². The summed E-state index contributed by atoms with van der Waals surface area (Å²) in [5.41, 5.74) is 5.26. The highest BCUT2D eigenvalue weighted by molar-refractivity contribution is 7.26. The molecule has 0 aliphatic carbocycles. The highest BCUT2D eigenvalue weighted by atomic mass is 32.1. The van der Waals surface area contributed by atoms with Crippen molar-refractivity contribution in [1.82, 2.24) is 19.9 Å². The van der Waals surface area contributed by atoms with Crippen LogP contribution < -0.4 is 0 Å². The number of hydrogen-bond acceptors (Lipinski definition) is 5. The Hall–Kier alpha value is -5.78. The third kappa shape index (κ3) is 4.44. The van der Waals surface area contributed by atoms with Gasteiger partial charge in [0.05, 0.1) is 0 Å². The fraction of sp³-hybridized carbons (Fsp3) is 0. The van der Waals surface area contributed by atoms with Crippen LogP contribution in [0.1, 0.15) is 0 Å². The van der Waals surface area contributed by atoms with E-state index in [0.29, 0.717) is 17.5 Å². The van der Waals surface area contributed by atoms with Crippen LogP contribution in [0.5, 0.6) is 0 Å². The van der Waals surface area contributed by atoms with E-state index in [9.17, 15) is 0 Å². The maximum absolute atomic E-state index is 5.13. The number of aromatic nitrogens is 4. The van der Waals surface area contributed by atoms with Crippen molar-refractivity contribution in [2.24, 2.45) is 0 Å². The molecule has 210 valence electrons. The quantitative estimate of drug-likeness (QED) is 0.204. The van der Waals surface area contributed by atoms with Crippen molar-refractivity contribution in [3.63, 3.8) is 0 Å². The predicted molar refractivity (Wildman–Crippen MR) is 187 cm³/mol. The monoisotopic (exact) mass is 592 g/mol. The minimum Gasteiger partial charge on any atom is -0.264 e. The molecule has 5 heteroatoms. The van der Waals surface area contributed by atoms with Crippen molar-refractivity contribution in [1.29, 1.82) is 0 Å². The van der Waals surface area contributed by atoms with Crippen molar-refractivity contribution >= 4 is 53.1 Å². The van der Waals surface area contributed by atoms with E-state index in [0.717, 1.165) is 27.5 Å².